The molecular weight excluding hydrogens is 388 g/mol. The summed E-state index contributed by atoms with van der Waals surface area (Å²) in [6.07, 6.45) is 9.03. The summed E-state index contributed by atoms with van der Waals surface area (Å²) in [5.74, 6) is 0.116. The Morgan fingerprint density at radius 1 is 1.21 bits per heavy atom. The van der Waals surface area contributed by atoms with Crippen molar-refractivity contribution in [2.45, 2.75) is 56.4 Å². The van der Waals surface area contributed by atoms with Gasteiger partial charge in [0, 0.05) is 25.6 Å². The largest absolute Gasteiger partial charge is 0.356 e. The predicted molar refractivity (Wildman–Crippen MR) is 113 cm³/mol. The zero-order valence-corrected chi connectivity index (χ0v) is 17.7. The Morgan fingerprint density at radius 3 is 2.62 bits per heavy atom. The van der Waals surface area contributed by atoms with Crippen molar-refractivity contribution in [2.75, 3.05) is 19.6 Å². The molecule has 1 amide bonds. The molecule has 1 aromatic carbocycles. The molecule has 1 saturated heterocycles. The molecule has 1 atom stereocenters. The zero-order valence-electron chi connectivity index (χ0n) is 16.9. The van der Waals surface area contributed by atoms with Gasteiger partial charge in [-0.1, -0.05) is 31.2 Å². The summed E-state index contributed by atoms with van der Waals surface area (Å²) < 4.78 is 27.3. The number of sulfonamides is 1. The van der Waals surface area contributed by atoms with Gasteiger partial charge in [0.2, 0.25) is 11.9 Å². The van der Waals surface area contributed by atoms with Crippen LogP contribution in [0.2, 0.25) is 0 Å². The molecule has 8 heteroatoms. The number of carbonyl (C=O) groups excluding carboxylic acids is 1. The Kier molecular flexibility index (Phi) is 6.95. The van der Waals surface area contributed by atoms with E-state index < -0.39 is 10.0 Å². The predicted octanol–water partition coefficient (Wildman–Crippen LogP) is 2.50. The quantitative estimate of drug-likeness (QED) is 0.634. The van der Waals surface area contributed by atoms with Crippen molar-refractivity contribution in [2.24, 2.45) is 0 Å². The van der Waals surface area contributed by atoms with Gasteiger partial charge >= 0.3 is 0 Å². The highest BCUT2D eigenvalue weighted by Crippen LogP contribution is 2.26. The van der Waals surface area contributed by atoms with Crippen LogP contribution in [0.5, 0.6) is 0 Å². The van der Waals surface area contributed by atoms with Crippen LogP contribution >= 0.6 is 0 Å². The Balaban J connectivity index is 1.61. The van der Waals surface area contributed by atoms with E-state index >= 15 is 0 Å². The van der Waals surface area contributed by atoms with Crippen molar-refractivity contribution in [1.29, 1.82) is 5.41 Å². The van der Waals surface area contributed by atoms with Crippen LogP contribution in [0, 0.1) is 5.41 Å². The number of carbonyl (C=O) groups is 1. The van der Waals surface area contributed by atoms with Gasteiger partial charge in [0.1, 0.15) is 0 Å². The highest BCUT2D eigenvalue weighted by molar-refractivity contribution is 7.89. The van der Waals surface area contributed by atoms with Gasteiger partial charge in [0.25, 0.3) is 10.0 Å². The third-order valence-electron chi connectivity index (χ3n) is 5.46. The molecule has 1 aliphatic heterocycles. The Labute approximate surface area is 173 Å². The number of allylic oxidation sites excluding steroid dienone is 1. The average molecular weight is 419 g/mol. The summed E-state index contributed by atoms with van der Waals surface area (Å²) in [5.41, 5.74) is 0.966. The topological polar surface area (TPSA) is 93.6 Å². The first-order valence-electron chi connectivity index (χ1n) is 10.3. The lowest BCUT2D eigenvalue weighted by Crippen LogP contribution is -2.42. The van der Waals surface area contributed by atoms with Crippen molar-refractivity contribution >= 4 is 21.9 Å². The molecule has 1 unspecified atom stereocenters. The van der Waals surface area contributed by atoms with Crippen molar-refractivity contribution < 1.29 is 13.2 Å². The molecule has 1 heterocycles. The molecule has 2 N–H and O–H groups in total. The van der Waals surface area contributed by atoms with Gasteiger partial charge in [0.15, 0.2) is 0 Å². The number of hydrogen-bond donors (Lipinski definition) is 2. The molecule has 158 valence electrons. The third kappa shape index (κ3) is 4.98. The van der Waals surface area contributed by atoms with Gasteiger partial charge in [-0.15, -0.1) is 0 Å². The summed E-state index contributed by atoms with van der Waals surface area (Å²) in [5, 5.41) is 11.3. The van der Waals surface area contributed by atoms with Gasteiger partial charge in [-0.25, -0.2) is 12.7 Å². The molecule has 0 saturated carbocycles. The van der Waals surface area contributed by atoms with Crippen LogP contribution in [0.3, 0.4) is 0 Å². The van der Waals surface area contributed by atoms with E-state index in [9.17, 15) is 13.2 Å². The van der Waals surface area contributed by atoms with E-state index in [-0.39, 0.29) is 22.8 Å². The molecule has 1 aliphatic carbocycles. The first kappa shape index (κ1) is 21.4. The normalized spacial score (nSPS) is 19.6. The summed E-state index contributed by atoms with van der Waals surface area (Å²) in [6, 6.07) is 6.96. The fourth-order valence-corrected chi connectivity index (χ4v) is 5.21. The van der Waals surface area contributed by atoms with Crippen LogP contribution in [0.25, 0.3) is 0 Å². The lowest BCUT2D eigenvalue weighted by Gasteiger charge is -2.30. The van der Waals surface area contributed by atoms with E-state index in [0.717, 1.165) is 31.2 Å². The second-order valence-electron chi connectivity index (χ2n) is 7.53. The van der Waals surface area contributed by atoms with Crippen molar-refractivity contribution in [3.05, 3.63) is 42.0 Å². The molecule has 0 spiro atoms. The van der Waals surface area contributed by atoms with Gasteiger partial charge in [-0.2, -0.15) is 0 Å². The van der Waals surface area contributed by atoms with Crippen LogP contribution in [0.1, 0.15) is 44.6 Å². The van der Waals surface area contributed by atoms with Gasteiger partial charge in [-0.3, -0.25) is 10.2 Å². The van der Waals surface area contributed by atoms with Crippen LogP contribution in [0.4, 0.5) is 0 Å². The molecule has 1 aromatic rings. The maximum absolute atomic E-state index is 13.0. The number of rotatable bonds is 8. The van der Waals surface area contributed by atoms with E-state index in [0.29, 0.717) is 32.5 Å². The first-order valence-corrected chi connectivity index (χ1v) is 11.8. The first-order chi connectivity index (χ1) is 13.9. The van der Waals surface area contributed by atoms with E-state index in [1.807, 2.05) is 11.8 Å². The second kappa shape index (κ2) is 9.43. The van der Waals surface area contributed by atoms with Crippen LogP contribution in [-0.4, -0.2) is 55.2 Å². The molecule has 0 aromatic heterocycles. The minimum atomic E-state index is -3.74. The number of hydrogen-bond acceptors (Lipinski definition) is 4. The maximum atomic E-state index is 13.0. The number of amides is 1. The maximum Gasteiger partial charge on any atom is 0.266 e. The number of nitrogens with zero attached hydrogens (tertiary/aromatic N) is 2. The average Bonchev–Trinajstić information content (AvgIpc) is 3.11. The Bertz CT molecular complexity index is 864. The van der Waals surface area contributed by atoms with Gasteiger partial charge in [-0.05, 0) is 49.8 Å². The minimum absolute atomic E-state index is 0.0391. The van der Waals surface area contributed by atoms with Crippen molar-refractivity contribution in [3.8, 4) is 0 Å². The number of guanidine groups is 1. The third-order valence-corrected chi connectivity index (χ3v) is 7.26. The van der Waals surface area contributed by atoms with Crippen LogP contribution < -0.4 is 5.32 Å². The monoisotopic (exact) mass is 418 g/mol. The standard InChI is InChI=1S/C21H30N4O3S/c1-2-6-20(26)23-14-13-17-9-11-19(12-10-17)29(27,28)25-16-15-24(21(25)22)18-7-4-3-5-8-18/h3-4,9-12,18,22H,2,5-8,13-16H2,1H3,(H,23,26). The Morgan fingerprint density at radius 2 is 1.97 bits per heavy atom. The smallest absolute Gasteiger partial charge is 0.266 e. The molecule has 29 heavy (non-hydrogen) atoms. The summed E-state index contributed by atoms with van der Waals surface area (Å²) in [6.45, 7) is 3.37. The fraction of sp³-hybridized carbons (Fsp3) is 0.524. The van der Waals surface area contributed by atoms with Crippen molar-refractivity contribution in [3.63, 3.8) is 0 Å². The van der Waals surface area contributed by atoms with Crippen LogP contribution in [0.15, 0.2) is 41.3 Å². The molecule has 0 radical (unpaired) electrons. The summed E-state index contributed by atoms with van der Waals surface area (Å²) >= 11 is 0. The molecule has 3 rings (SSSR count). The molecular formula is C21H30N4O3S. The number of nitrogens with one attached hydrogen (secondary N) is 2. The number of benzene rings is 1. The fourth-order valence-electron chi connectivity index (χ4n) is 3.82. The van der Waals surface area contributed by atoms with E-state index in [4.69, 9.17) is 5.41 Å². The highest BCUT2D eigenvalue weighted by atomic mass is 32.2. The Hall–Kier alpha value is -2.35. The van der Waals surface area contributed by atoms with E-state index in [1.54, 1.807) is 24.3 Å². The van der Waals surface area contributed by atoms with E-state index in [2.05, 4.69) is 17.5 Å². The minimum Gasteiger partial charge on any atom is -0.356 e. The summed E-state index contributed by atoms with van der Waals surface area (Å²) in [7, 11) is -3.74. The van der Waals surface area contributed by atoms with E-state index in [1.165, 1.54) is 4.31 Å². The molecule has 0 bridgehead atoms. The molecule has 2 aliphatic rings. The summed E-state index contributed by atoms with van der Waals surface area (Å²) in [4.78, 5) is 13.6. The zero-order chi connectivity index (χ0) is 20.9. The van der Waals surface area contributed by atoms with Gasteiger partial charge in [0.05, 0.1) is 11.4 Å². The van der Waals surface area contributed by atoms with Crippen molar-refractivity contribution in [1.82, 2.24) is 14.5 Å². The lowest BCUT2D eigenvalue weighted by atomic mass is 10.0. The lowest BCUT2D eigenvalue weighted by molar-refractivity contribution is -0.121. The second-order valence-corrected chi connectivity index (χ2v) is 9.39. The van der Waals surface area contributed by atoms with Gasteiger partial charge < -0.3 is 10.2 Å². The molecule has 1 fully saturated rings. The molecule has 7 nitrogen and oxygen atoms in total. The SMILES string of the molecule is CCCC(=O)NCCc1ccc(S(=O)(=O)N2CCN(C3CC=CCC3)C2=N)cc1. The van der Waals surface area contributed by atoms with Crippen LogP contribution in [-0.2, 0) is 21.2 Å². The highest BCUT2D eigenvalue weighted by Gasteiger charge is 2.37.